The second-order valence-electron chi connectivity index (χ2n) is 11.5. The van der Waals surface area contributed by atoms with Crippen molar-refractivity contribution >= 4 is 21.6 Å². The summed E-state index contributed by atoms with van der Waals surface area (Å²) < 4.78 is 22.3. The topological polar surface area (TPSA) is 179 Å². The number of ether oxygens (including phenoxy) is 4. The molecule has 0 bridgehead atoms. The molecule has 4 rings (SSSR count). The van der Waals surface area contributed by atoms with Gasteiger partial charge in [0.2, 0.25) is 5.75 Å². The van der Waals surface area contributed by atoms with Crippen LogP contribution in [0.2, 0.25) is 0 Å². The second-order valence-corrected chi connectivity index (χ2v) is 14.2. The average Bonchev–Trinajstić information content (AvgIpc) is 3.53. The van der Waals surface area contributed by atoms with Crippen LogP contribution in [0.15, 0.2) is 24.3 Å². The van der Waals surface area contributed by atoms with E-state index in [4.69, 9.17) is 18.9 Å². The van der Waals surface area contributed by atoms with Crippen molar-refractivity contribution < 1.29 is 54.7 Å². The molecule has 2 aromatic carbocycles. The molecule has 0 aromatic heterocycles. The van der Waals surface area contributed by atoms with Gasteiger partial charge in [-0.15, -0.1) is 0 Å². The number of hydrogen-bond acceptors (Lipinski definition) is 13. The SMILES string of the molecule is COc1cc(C[C@@H]2[C@H](O)C[C@@H](OCO)CCc3cc(OC4CCCC4)c(O)cc3[C@H](CCO)SSC[C@@H]2O)cc(OCO)c1O. The fourth-order valence-electron chi connectivity index (χ4n) is 6.14. The molecule has 2 aromatic rings. The number of methoxy groups -OCH3 is 1. The minimum Gasteiger partial charge on any atom is -0.504 e. The Labute approximate surface area is 271 Å². The van der Waals surface area contributed by atoms with Crippen LogP contribution in [-0.4, -0.2) is 93.2 Å². The van der Waals surface area contributed by atoms with Crippen LogP contribution in [0.1, 0.15) is 66.9 Å². The molecule has 0 radical (unpaired) electrons. The lowest BCUT2D eigenvalue weighted by atomic mass is 9.85. The first-order chi connectivity index (χ1) is 21.8. The zero-order valence-electron chi connectivity index (χ0n) is 25.5. The van der Waals surface area contributed by atoms with Crippen LogP contribution >= 0.6 is 21.6 Å². The molecule has 1 fully saturated rings. The average molecular weight is 671 g/mol. The van der Waals surface area contributed by atoms with Gasteiger partial charge >= 0.3 is 0 Å². The summed E-state index contributed by atoms with van der Waals surface area (Å²) in [5.74, 6) is -0.0863. The van der Waals surface area contributed by atoms with E-state index in [9.17, 15) is 35.7 Å². The Morgan fingerprint density at radius 2 is 1.62 bits per heavy atom. The van der Waals surface area contributed by atoms with Crippen LogP contribution < -0.4 is 14.2 Å². The molecule has 1 heterocycles. The van der Waals surface area contributed by atoms with Gasteiger partial charge in [-0.1, -0.05) is 21.6 Å². The van der Waals surface area contributed by atoms with E-state index in [0.29, 0.717) is 30.6 Å². The smallest absolute Gasteiger partial charge is 0.200 e. The molecule has 13 heteroatoms. The molecule has 0 unspecified atom stereocenters. The Hall–Kier alpha value is -2.10. The molecule has 2 aliphatic rings. The molecule has 0 saturated heterocycles. The van der Waals surface area contributed by atoms with E-state index in [0.717, 1.165) is 36.8 Å². The third kappa shape index (κ3) is 9.71. The van der Waals surface area contributed by atoms with E-state index in [1.165, 1.54) is 34.8 Å². The molecule has 7 N–H and O–H groups in total. The first-order valence-electron chi connectivity index (χ1n) is 15.4. The van der Waals surface area contributed by atoms with E-state index in [1.807, 2.05) is 6.07 Å². The molecule has 252 valence electrons. The van der Waals surface area contributed by atoms with Crippen molar-refractivity contribution in [2.75, 3.05) is 33.1 Å². The van der Waals surface area contributed by atoms with Gasteiger partial charge < -0.3 is 54.7 Å². The van der Waals surface area contributed by atoms with Crippen molar-refractivity contribution in [2.45, 2.75) is 87.5 Å². The van der Waals surface area contributed by atoms with Crippen molar-refractivity contribution in [3.8, 4) is 28.7 Å². The van der Waals surface area contributed by atoms with Gasteiger partial charge in [0.15, 0.2) is 29.8 Å². The minimum atomic E-state index is -1.03. The summed E-state index contributed by atoms with van der Waals surface area (Å²) in [6, 6.07) is 6.71. The molecule has 1 saturated carbocycles. The van der Waals surface area contributed by atoms with Crippen LogP contribution in [0.4, 0.5) is 0 Å². The quantitative estimate of drug-likeness (QED) is 0.136. The molecule has 45 heavy (non-hydrogen) atoms. The summed E-state index contributed by atoms with van der Waals surface area (Å²) in [7, 11) is 4.30. The summed E-state index contributed by atoms with van der Waals surface area (Å²) in [5, 5.41) is 72.9. The number of rotatable bonds is 11. The summed E-state index contributed by atoms with van der Waals surface area (Å²) in [4.78, 5) is 0. The van der Waals surface area contributed by atoms with Crippen molar-refractivity contribution in [3.63, 3.8) is 0 Å². The fraction of sp³-hybridized carbons (Fsp3) is 0.625. The first-order valence-corrected chi connectivity index (χ1v) is 17.8. The Morgan fingerprint density at radius 1 is 0.867 bits per heavy atom. The standard InChI is InChI=1S/C32H46O11S2/c1-40-29-11-19(12-30(32(29)39)42-18-35)10-24-25(36)14-22(41-17-34)7-6-20-13-28(43-21-4-2-3-5-21)26(37)15-23(20)31(8-9-33)45-44-16-27(24)38/h11-13,15,21-22,24-25,27,31,33-39H,2-10,14,16-18H2,1H3/t22-,24+,25+,27-,31-/m0/s1. The predicted octanol–water partition coefficient (Wildman–Crippen LogP) is 3.81. The zero-order valence-corrected chi connectivity index (χ0v) is 27.2. The van der Waals surface area contributed by atoms with Crippen molar-refractivity contribution in [1.82, 2.24) is 0 Å². The Morgan fingerprint density at radius 3 is 2.31 bits per heavy atom. The molecule has 1 aliphatic heterocycles. The van der Waals surface area contributed by atoms with E-state index < -0.39 is 37.8 Å². The lowest BCUT2D eigenvalue weighted by Crippen LogP contribution is -2.38. The van der Waals surface area contributed by atoms with Crippen LogP contribution in [0.25, 0.3) is 0 Å². The molecule has 1 aliphatic carbocycles. The fourth-order valence-corrected chi connectivity index (χ4v) is 9.04. The Kier molecular flexibility index (Phi) is 14.1. The number of aryl methyl sites for hydroxylation is 1. The monoisotopic (exact) mass is 670 g/mol. The number of phenols is 2. The highest BCUT2D eigenvalue weighted by Gasteiger charge is 2.32. The van der Waals surface area contributed by atoms with Crippen molar-refractivity contribution in [2.24, 2.45) is 5.92 Å². The summed E-state index contributed by atoms with van der Waals surface area (Å²) >= 11 is 0. The van der Waals surface area contributed by atoms with Gasteiger partial charge in [0, 0.05) is 23.5 Å². The molecule has 11 nitrogen and oxygen atoms in total. The highest BCUT2D eigenvalue weighted by Crippen LogP contribution is 2.46. The van der Waals surface area contributed by atoms with Gasteiger partial charge in [-0.25, -0.2) is 0 Å². The molecule has 0 amide bonds. The highest BCUT2D eigenvalue weighted by atomic mass is 33.1. The summed E-state index contributed by atoms with van der Waals surface area (Å²) in [6.45, 7) is -1.27. The van der Waals surface area contributed by atoms with Gasteiger partial charge in [0.1, 0.15) is 6.79 Å². The number of phenolic OH excluding ortho intramolecular Hbond substituents is 2. The van der Waals surface area contributed by atoms with Crippen molar-refractivity contribution in [3.05, 3.63) is 41.0 Å². The van der Waals surface area contributed by atoms with Gasteiger partial charge in [-0.3, -0.25) is 0 Å². The maximum Gasteiger partial charge on any atom is 0.200 e. The lowest BCUT2D eigenvalue weighted by Gasteiger charge is -2.30. The zero-order chi connectivity index (χ0) is 32.3. The molecular weight excluding hydrogens is 624 g/mol. The van der Waals surface area contributed by atoms with Gasteiger partial charge in [-0.05, 0) is 98.7 Å². The Bertz CT molecular complexity index is 1210. The predicted molar refractivity (Wildman–Crippen MR) is 172 cm³/mol. The normalized spacial score (nSPS) is 25.1. The number of aliphatic hydroxyl groups excluding tert-OH is 5. The summed E-state index contributed by atoms with van der Waals surface area (Å²) in [6.07, 6.45) is 3.26. The number of hydrogen-bond donors (Lipinski definition) is 7. The van der Waals surface area contributed by atoms with Gasteiger partial charge in [0.05, 0.1) is 31.5 Å². The molecular formula is C32H46O11S2. The Balaban J connectivity index is 1.64. The summed E-state index contributed by atoms with van der Waals surface area (Å²) in [5.41, 5.74) is 2.39. The molecule has 5 atom stereocenters. The van der Waals surface area contributed by atoms with Gasteiger partial charge in [0.25, 0.3) is 0 Å². The number of aromatic hydroxyl groups is 2. The van der Waals surface area contributed by atoms with E-state index >= 15 is 0 Å². The van der Waals surface area contributed by atoms with Crippen molar-refractivity contribution in [1.29, 1.82) is 0 Å². The van der Waals surface area contributed by atoms with Crippen LogP contribution in [0.3, 0.4) is 0 Å². The van der Waals surface area contributed by atoms with Crippen LogP contribution in [0.5, 0.6) is 28.7 Å². The van der Waals surface area contributed by atoms with Crippen LogP contribution in [-0.2, 0) is 17.6 Å². The number of aliphatic hydroxyl groups is 5. The second kappa shape index (κ2) is 17.7. The van der Waals surface area contributed by atoms with Gasteiger partial charge in [-0.2, -0.15) is 0 Å². The maximum absolute atomic E-state index is 11.5. The number of benzene rings is 2. The third-order valence-electron chi connectivity index (χ3n) is 8.53. The highest BCUT2D eigenvalue weighted by molar-refractivity contribution is 8.76. The van der Waals surface area contributed by atoms with E-state index in [2.05, 4.69) is 0 Å². The number of fused-ring (bicyclic) bond motifs is 1. The van der Waals surface area contributed by atoms with E-state index in [-0.39, 0.29) is 59.6 Å². The minimum absolute atomic E-state index is 0.0102. The largest absolute Gasteiger partial charge is 0.504 e. The third-order valence-corrected chi connectivity index (χ3v) is 11.4. The first kappa shape index (κ1) is 35.7. The van der Waals surface area contributed by atoms with Crippen LogP contribution in [0, 0.1) is 5.92 Å². The maximum atomic E-state index is 11.5. The lowest BCUT2D eigenvalue weighted by molar-refractivity contribution is -0.0808. The molecule has 0 spiro atoms. The van der Waals surface area contributed by atoms with E-state index in [1.54, 1.807) is 12.1 Å².